The summed E-state index contributed by atoms with van der Waals surface area (Å²) in [5.74, 6) is 0. The molecule has 0 unspecified atom stereocenters. The Hall–Kier alpha value is -7.47. The Morgan fingerprint density at radius 3 is 1.44 bits per heavy atom. The largest absolute Gasteiger partial charge is 0.454 e. The van der Waals surface area contributed by atoms with Crippen molar-refractivity contribution in [3.05, 3.63) is 194 Å². The van der Waals surface area contributed by atoms with Crippen molar-refractivity contribution in [2.75, 3.05) is 0 Å². The molecule has 1 aromatic heterocycles. The summed E-state index contributed by atoms with van der Waals surface area (Å²) in [7, 11) is 0. The number of nitriles is 1. The topological polar surface area (TPSA) is 36.9 Å². The van der Waals surface area contributed by atoms with Crippen LogP contribution in [0, 0.1) is 11.3 Å². The van der Waals surface area contributed by atoms with E-state index in [1.807, 2.05) is 18.2 Å². The Balaban J connectivity index is 1.15. The Morgan fingerprint density at radius 2 is 0.782 bits per heavy atom. The average Bonchev–Trinajstić information content (AvgIpc) is 3.65. The molecule has 0 atom stereocenters. The fourth-order valence-electron chi connectivity index (χ4n) is 8.80. The Kier molecular flexibility index (Phi) is 6.96. The van der Waals surface area contributed by atoms with Crippen LogP contribution in [-0.4, -0.2) is 0 Å². The van der Waals surface area contributed by atoms with Crippen LogP contribution in [0.15, 0.2) is 192 Å². The third kappa shape index (κ3) is 4.81. The molecule has 0 aliphatic heterocycles. The average molecular weight is 698 g/mol. The van der Waals surface area contributed by atoms with Gasteiger partial charge in [0, 0.05) is 16.3 Å². The molecule has 254 valence electrons. The smallest absolute Gasteiger partial charge is 0.153 e. The molecule has 0 aliphatic carbocycles. The van der Waals surface area contributed by atoms with E-state index in [1.54, 1.807) is 0 Å². The van der Waals surface area contributed by atoms with Crippen LogP contribution in [0.5, 0.6) is 0 Å². The van der Waals surface area contributed by atoms with Crippen molar-refractivity contribution >= 4 is 65.0 Å². The molecule has 0 N–H and O–H groups in total. The number of furan rings is 1. The molecule has 0 radical (unpaired) electrons. The van der Waals surface area contributed by atoms with Gasteiger partial charge in [-0.2, -0.15) is 5.26 Å². The van der Waals surface area contributed by atoms with E-state index in [9.17, 15) is 5.26 Å². The van der Waals surface area contributed by atoms with Gasteiger partial charge >= 0.3 is 0 Å². The van der Waals surface area contributed by atoms with Crippen molar-refractivity contribution in [1.82, 2.24) is 0 Å². The van der Waals surface area contributed by atoms with Crippen LogP contribution in [0.4, 0.5) is 0 Å². The quantitative estimate of drug-likeness (QED) is 0.172. The van der Waals surface area contributed by atoms with E-state index in [0.717, 1.165) is 38.6 Å². The number of nitrogens with zero attached hydrogens (tertiary/aromatic N) is 1. The van der Waals surface area contributed by atoms with Crippen molar-refractivity contribution in [2.24, 2.45) is 0 Å². The van der Waals surface area contributed by atoms with E-state index >= 15 is 0 Å². The lowest BCUT2D eigenvalue weighted by Gasteiger charge is -2.20. The molecule has 0 amide bonds. The molecular weight excluding hydrogens is 667 g/mol. The van der Waals surface area contributed by atoms with Gasteiger partial charge in [0.15, 0.2) is 5.58 Å². The second-order valence-electron chi connectivity index (χ2n) is 14.3. The van der Waals surface area contributed by atoms with Crippen molar-refractivity contribution in [3.63, 3.8) is 0 Å². The summed E-state index contributed by atoms with van der Waals surface area (Å²) >= 11 is 0. The van der Waals surface area contributed by atoms with Gasteiger partial charge in [-0.3, -0.25) is 0 Å². The summed E-state index contributed by atoms with van der Waals surface area (Å²) < 4.78 is 6.40. The van der Waals surface area contributed by atoms with Crippen molar-refractivity contribution in [2.45, 2.75) is 0 Å². The molecule has 0 saturated carbocycles. The van der Waals surface area contributed by atoms with Crippen molar-refractivity contribution < 1.29 is 4.42 Å². The predicted molar refractivity (Wildman–Crippen MR) is 230 cm³/mol. The maximum atomic E-state index is 9.74. The highest BCUT2D eigenvalue weighted by atomic mass is 16.3. The standard InChI is InChI=1S/C53H31NO/c54-32-38-15-9-23-47-48-24-10-20-41(53(48)55-52(38)47)36-27-25-33(26-28-36)37-29-30-46-49(31-37)51(43-22-8-14-35-12-2-4-17-40(35)43)45-19-6-5-18-44(45)50(46)42-21-7-13-34-11-1-3-16-39(34)42/h1-31H. The Bertz CT molecular complexity index is 3370. The van der Waals surface area contributed by atoms with E-state index < -0.39 is 0 Å². The second kappa shape index (κ2) is 12.3. The molecule has 11 aromatic rings. The minimum Gasteiger partial charge on any atom is -0.454 e. The number of para-hydroxylation sites is 2. The minimum absolute atomic E-state index is 0.547. The van der Waals surface area contributed by atoms with Gasteiger partial charge in [-0.25, -0.2) is 0 Å². The molecule has 10 aromatic carbocycles. The number of fused-ring (bicyclic) bond motifs is 7. The van der Waals surface area contributed by atoms with Crippen LogP contribution in [0.2, 0.25) is 0 Å². The summed E-state index contributed by atoms with van der Waals surface area (Å²) in [5.41, 5.74) is 11.3. The van der Waals surface area contributed by atoms with Crippen LogP contribution >= 0.6 is 0 Å². The maximum Gasteiger partial charge on any atom is 0.153 e. The van der Waals surface area contributed by atoms with E-state index in [1.165, 1.54) is 65.3 Å². The number of hydrogen-bond acceptors (Lipinski definition) is 2. The summed E-state index contributed by atoms with van der Waals surface area (Å²) in [6, 6.07) is 69.7. The first kappa shape index (κ1) is 31.1. The van der Waals surface area contributed by atoms with E-state index in [-0.39, 0.29) is 0 Å². The zero-order chi connectivity index (χ0) is 36.5. The van der Waals surface area contributed by atoms with Gasteiger partial charge < -0.3 is 4.42 Å². The maximum absolute atomic E-state index is 9.74. The number of rotatable bonds is 4. The molecule has 0 fully saturated rings. The first-order chi connectivity index (χ1) is 27.2. The van der Waals surface area contributed by atoms with Crippen LogP contribution < -0.4 is 0 Å². The monoisotopic (exact) mass is 697 g/mol. The predicted octanol–water partition coefficient (Wildman–Crippen LogP) is 14.7. The molecule has 0 spiro atoms. The molecule has 0 saturated heterocycles. The normalized spacial score (nSPS) is 11.6. The lowest BCUT2D eigenvalue weighted by atomic mass is 9.83. The van der Waals surface area contributed by atoms with Gasteiger partial charge in [0.25, 0.3) is 0 Å². The summed E-state index contributed by atoms with van der Waals surface area (Å²) in [6.07, 6.45) is 0. The van der Waals surface area contributed by atoms with Gasteiger partial charge in [0.1, 0.15) is 11.7 Å². The summed E-state index contributed by atoms with van der Waals surface area (Å²) in [5, 5.41) is 21.6. The first-order valence-electron chi connectivity index (χ1n) is 18.6. The van der Waals surface area contributed by atoms with Gasteiger partial charge in [-0.1, -0.05) is 176 Å². The first-order valence-corrected chi connectivity index (χ1v) is 18.6. The Morgan fingerprint density at radius 1 is 0.327 bits per heavy atom. The van der Waals surface area contributed by atoms with Gasteiger partial charge in [0.2, 0.25) is 0 Å². The highest BCUT2D eigenvalue weighted by Gasteiger charge is 2.20. The van der Waals surface area contributed by atoms with Crippen molar-refractivity contribution in [3.8, 4) is 50.6 Å². The molecule has 2 heteroatoms. The highest BCUT2D eigenvalue weighted by Crippen LogP contribution is 2.47. The number of benzene rings is 10. The lowest BCUT2D eigenvalue weighted by molar-refractivity contribution is 0.668. The highest BCUT2D eigenvalue weighted by molar-refractivity contribution is 6.25. The molecule has 55 heavy (non-hydrogen) atoms. The lowest BCUT2D eigenvalue weighted by Crippen LogP contribution is -1.93. The summed E-state index contributed by atoms with van der Waals surface area (Å²) in [4.78, 5) is 0. The Labute approximate surface area is 317 Å². The second-order valence-corrected chi connectivity index (χ2v) is 14.3. The molecule has 0 bridgehead atoms. The van der Waals surface area contributed by atoms with Crippen LogP contribution in [0.1, 0.15) is 5.56 Å². The zero-order valence-electron chi connectivity index (χ0n) is 29.8. The fourth-order valence-corrected chi connectivity index (χ4v) is 8.80. The third-order valence-electron chi connectivity index (χ3n) is 11.3. The molecule has 0 aliphatic rings. The van der Waals surface area contributed by atoms with Gasteiger partial charge in [-0.05, 0) is 94.2 Å². The van der Waals surface area contributed by atoms with Gasteiger partial charge in [0.05, 0.1) is 5.56 Å². The van der Waals surface area contributed by atoms with Crippen LogP contribution in [0.25, 0.3) is 110 Å². The third-order valence-corrected chi connectivity index (χ3v) is 11.3. The van der Waals surface area contributed by atoms with E-state index in [4.69, 9.17) is 4.42 Å². The SMILES string of the molecule is N#Cc1cccc2c1oc1c(-c3ccc(-c4ccc5c(-c6cccc7ccccc67)c6ccccc6c(-c6cccc7ccccc67)c5c4)cc3)cccc12. The molecule has 1 heterocycles. The van der Waals surface area contributed by atoms with Gasteiger partial charge in [-0.15, -0.1) is 0 Å². The fraction of sp³-hybridized carbons (Fsp3) is 0. The molecule has 11 rings (SSSR count). The molecule has 2 nitrogen and oxygen atoms in total. The molecular formula is C53H31NO. The van der Waals surface area contributed by atoms with Crippen molar-refractivity contribution in [1.29, 1.82) is 5.26 Å². The minimum atomic E-state index is 0.547. The van der Waals surface area contributed by atoms with Crippen LogP contribution in [0.3, 0.4) is 0 Å². The van der Waals surface area contributed by atoms with E-state index in [2.05, 4.69) is 176 Å². The summed E-state index contributed by atoms with van der Waals surface area (Å²) in [6.45, 7) is 0. The number of hydrogen-bond donors (Lipinski definition) is 0. The zero-order valence-corrected chi connectivity index (χ0v) is 29.8. The van der Waals surface area contributed by atoms with Crippen LogP contribution in [-0.2, 0) is 0 Å². The van der Waals surface area contributed by atoms with E-state index in [0.29, 0.717) is 11.1 Å².